The standard InChI is InChI=1S/C20H20N4O3/c1-3-13-7-9-14(10-8-13)16-11-17(23-22-16)20(26)24-21-12-15-5-4-6-18(27-2)19(15)25/h4-12,25H,3H2,1-2H3,(H,22,23)(H,24,26). The number of methoxy groups -OCH3 is 1. The number of hydrogen-bond acceptors (Lipinski definition) is 5. The lowest BCUT2D eigenvalue weighted by molar-refractivity contribution is 0.0950. The Hall–Kier alpha value is -3.61. The molecule has 0 spiro atoms. The van der Waals surface area contributed by atoms with Crippen molar-refractivity contribution in [3.63, 3.8) is 0 Å². The van der Waals surface area contributed by atoms with E-state index in [4.69, 9.17) is 4.74 Å². The van der Waals surface area contributed by atoms with Crippen molar-refractivity contribution in [1.29, 1.82) is 0 Å². The number of hydrogen-bond donors (Lipinski definition) is 3. The van der Waals surface area contributed by atoms with E-state index in [1.54, 1.807) is 24.3 Å². The highest BCUT2D eigenvalue weighted by atomic mass is 16.5. The van der Waals surface area contributed by atoms with Gasteiger partial charge in [0.2, 0.25) is 0 Å². The van der Waals surface area contributed by atoms with Crippen LogP contribution < -0.4 is 10.2 Å². The number of ether oxygens (including phenoxy) is 1. The van der Waals surface area contributed by atoms with Crippen LogP contribution in [-0.4, -0.2) is 34.5 Å². The number of aryl methyl sites for hydroxylation is 1. The fraction of sp³-hybridized carbons (Fsp3) is 0.150. The molecule has 0 saturated heterocycles. The second-order valence-corrected chi connectivity index (χ2v) is 5.81. The number of carbonyl (C=O) groups is 1. The number of phenols is 1. The van der Waals surface area contributed by atoms with Crippen molar-refractivity contribution in [2.45, 2.75) is 13.3 Å². The lowest BCUT2D eigenvalue weighted by Gasteiger charge is -2.04. The molecule has 3 rings (SSSR count). The number of aromatic nitrogens is 2. The molecule has 0 atom stereocenters. The lowest BCUT2D eigenvalue weighted by atomic mass is 10.1. The van der Waals surface area contributed by atoms with Crippen molar-refractivity contribution in [1.82, 2.24) is 15.6 Å². The van der Waals surface area contributed by atoms with Crippen LogP contribution in [0.2, 0.25) is 0 Å². The highest BCUT2D eigenvalue weighted by Gasteiger charge is 2.11. The monoisotopic (exact) mass is 364 g/mol. The Morgan fingerprint density at radius 3 is 2.78 bits per heavy atom. The van der Waals surface area contributed by atoms with Gasteiger partial charge >= 0.3 is 0 Å². The van der Waals surface area contributed by atoms with Gasteiger partial charge in [0.15, 0.2) is 11.5 Å². The molecule has 3 N–H and O–H groups in total. The van der Waals surface area contributed by atoms with Crippen molar-refractivity contribution in [2.75, 3.05) is 7.11 Å². The van der Waals surface area contributed by atoms with Gasteiger partial charge in [-0.05, 0) is 30.2 Å². The van der Waals surface area contributed by atoms with Gasteiger partial charge in [-0.25, -0.2) is 5.43 Å². The molecule has 7 nitrogen and oxygen atoms in total. The van der Waals surface area contributed by atoms with Crippen LogP contribution in [0.25, 0.3) is 11.3 Å². The van der Waals surface area contributed by atoms with E-state index in [-0.39, 0.29) is 11.4 Å². The molecule has 27 heavy (non-hydrogen) atoms. The molecular formula is C20H20N4O3. The molecule has 0 aliphatic rings. The third-order valence-corrected chi connectivity index (χ3v) is 4.10. The predicted octanol–water partition coefficient (Wildman–Crippen LogP) is 3.12. The number of carbonyl (C=O) groups excluding carboxylic acids is 1. The predicted molar refractivity (Wildman–Crippen MR) is 103 cm³/mol. The maximum Gasteiger partial charge on any atom is 0.289 e. The average Bonchev–Trinajstić information content (AvgIpc) is 3.19. The first-order valence-electron chi connectivity index (χ1n) is 8.46. The molecule has 2 aromatic carbocycles. The molecule has 0 aliphatic carbocycles. The highest BCUT2D eigenvalue weighted by molar-refractivity contribution is 5.94. The minimum absolute atomic E-state index is 0.0441. The Kier molecular flexibility index (Phi) is 5.51. The van der Waals surface area contributed by atoms with Gasteiger partial charge in [0.1, 0.15) is 5.69 Å². The maximum atomic E-state index is 12.2. The number of hydrazone groups is 1. The second-order valence-electron chi connectivity index (χ2n) is 5.81. The quantitative estimate of drug-likeness (QED) is 0.462. The summed E-state index contributed by atoms with van der Waals surface area (Å²) in [6, 6.07) is 14.7. The number of para-hydroxylation sites is 1. The maximum absolute atomic E-state index is 12.2. The molecule has 0 radical (unpaired) electrons. The lowest BCUT2D eigenvalue weighted by Crippen LogP contribution is -2.18. The van der Waals surface area contributed by atoms with Crippen LogP contribution in [0.3, 0.4) is 0 Å². The largest absolute Gasteiger partial charge is 0.504 e. The van der Waals surface area contributed by atoms with E-state index in [1.807, 2.05) is 24.3 Å². The molecule has 1 aromatic heterocycles. The van der Waals surface area contributed by atoms with E-state index in [0.29, 0.717) is 17.0 Å². The van der Waals surface area contributed by atoms with Crippen molar-refractivity contribution < 1.29 is 14.6 Å². The zero-order chi connectivity index (χ0) is 19.2. The first-order valence-corrected chi connectivity index (χ1v) is 8.46. The number of phenolic OH excluding ortho intramolecular Hbond substituents is 1. The Bertz CT molecular complexity index is 962. The zero-order valence-electron chi connectivity index (χ0n) is 15.1. The van der Waals surface area contributed by atoms with Gasteiger partial charge < -0.3 is 9.84 Å². The molecule has 0 aliphatic heterocycles. The Balaban J connectivity index is 1.67. The number of aromatic amines is 1. The summed E-state index contributed by atoms with van der Waals surface area (Å²) in [5.74, 6) is -0.146. The molecule has 0 saturated carbocycles. The van der Waals surface area contributed by atoms with Crippen molar-refractivity contribution in [3.05, 3.63) is 65.4 Å². The molecule has 0 fully saturated rings. The van der Waals surface area contributed by atoms with Crippen molar-refractivity contribution in [2.24, 2.45) is 5.10 Å². The number of benzene rings is 2. The van der Waals surface area contributed by atoms with Crippen LogP contribution in [0.15, 0.2) is 53.6 Å². The fourth-order valence-electron chi connectivity index (χ4n) is 2.53. The van der Waals surface area contributed by atoms with Gasteiger partial charge in [-0.1, -0.05) is 37.3 Å². The van der Waals surface area contributed by atoms with E-state index in [1.165, 1.54) is 18.9 Å². The summed E-state index contributed by atoms with van der Waals surface area (Å²) < 4.78 is 5.03. The molecule has 138 valence electrons. The molecule has 7 heteroatoms. The summed E-state index contributed by atoms with van der Waals surface area (Å²) in [6.45, 7) is 2.10. The van der Waals surface area contributed by atoms with E-state index in [0.717, 1.165) is 12.0 Å². The number of rotatable bonds is 6. The van der Waals surface area contributed by atoms with Gasteiger partial charge in [-0.3, -0.25) is 9.89 Å². The molecular weight excluding hydrogens is 344 g/mol. The third kappa shape index (κ3) is 4.14. The van der Waals surface area contributed by atoms with E-state index in [9.17, 15) is 9.90 Å². The third-order valence-electron chi connectivity index (χ3n) is 4.10. The molecule has 1 heterocycles. The van der Waals surface area contributed by atoms with Crippen LogP contribution in [0, 0.1) is 0 Å². The van der Waals surface area contributed by atoms with Crippen LogP contribution in [0.1, 0.15) is 28.5 Å². The first kappa shape index (κ1) is 18.2. The van der Waals surface area contributed by atoms with Gasteiger partial charge in [0.25, 0.3) is 5.91 Å². The summed E-state index contributed by atoms with van der Waals surface area (Å²) in [7, 11) is 1.46. The SMILES string of the molecule is CCc1ccc(-c2cc(C(=O)NN=Cc3cccc(OC)c3O)[nH]n2)cc1. The Labute approximate surface area is 156 Å². The molecule has 0 unspecified atom stereocenters. The number of H-pyrrole nitrogens is 1. The van der Waals surface area contributed by atoms with E-state index < -0.39 is 5.91 Å². The average molecular weight is 364 g/mol. The van der Waals surface area contributed by atoms with Crippen LogP contribution in [0.4, 0.5) is 0 Å². The smallest absolute Gasteiger partial charge is 0.289 e. The minimum Gasteiger partial charge on any atom is -0.504 e. The fourth-order valence-corrected chi connectivity index (χ4v) is 2.53. The van der Waals surface area contributed by atoms with Crippen molar-refractivity contribution in [3.8, 4) is 22.8 Å². The molecule has 1 amide bonds. The van der Waals surface area contributed by atoms with E-state index >= 15 is 0 Å². The number of nitrogens with one attached hydrogen (secondary N) is 2. The van der Waals surface area contributed by atoms with Gasteiger partial charge in [-0.2, -0.15) is 10.2 Å². The molecule has 3 aromatic rings. The van der Waals surface area contributed by atoms with Gasteiger partial charge in [0.05, 0.1) is 19.0 Å². The van der Waals surface area contributed by atoms with Gasteiger partial charge in [0, 0.05) is 11.1 Å². The van der Waals surface area contributed by atoms with Crippen molar-refractivity contribution >= 4 is 12.1 Å². The normalized spacial score (nSPS) is 10.9. The molecule has 0 bridgehead atoms. The summed E-state index contributed by atoms with van der Waals surface area (Å²) in [5.41, 5.74) is 5.96. The summed E-state index contributed by atoms with van der Waals surface area (Å²) in [5, 5.41) is 20.7. The second kappa shape index (κ2) is 8.18. The summed E-state index contributed by atoms with van der Waals surface area (Å²) in [4.78, 5) is 12.2. The minimum atomic E-state index is -0.433. The first-order chi connectivity index (χ1) is 13.1. The zero-order valence-corrected chi connectivity index (χ0v) is 15.1. The number of amides is 1. The van der Waals surface area contributed by atoms with Crippen LogP contribution in [-0.2, 0) is 6.42 Å². The van der Waals surface area contributed by atoms with E-state index in [2.05, 4.69) is 27.6 Å². The van der Waals surface area contributed by atoms with Gasteiger partial charge in [-0.15, -0.1) is 0 Å². The summed E-state index contributed by atoms with van der Waals surface area (Å²) >= 11 is 0. The topological polar surface area (TPSA) is 99.6 Å². The Morgan fingerprint density at radius 2 is 2.07 bits per heavy atom. The Morgan fingerprint density at radius 1 is 1.30 bits per heavy atom. The number of aromatic hydroxyl groups is 1. The summed E-state index contributed by atoms with van der Waals surface area (Å²) in [6.07, 6.45) is 2.31. The number of nitrogens with zero attached hydrogens (tertiary/aromatic N) is 2. The van der Waals surface area contributed by atoms with Crippen LogP contribution in [0.5, 0.6) is 11.5 Å². The van der Waals surface area contributed by atoms with Crippen LogP contribution >= 0.6 is 0 Å². The highest BCUT2D eigenvalue weighted by Crippen LogP contribution is 2.27.